The van der Waals surface area contributed by atoms with Crippen molar-refractivity contribution in [2.24, 2.45) is 0 Å². The highest BCUT2D eigenvalue weighted by Crippen LogP contribution is 2.25. The van der Waals surface area contributed by atoms with Gasteiger partial charge in [-0.25, -0.2) is 5.01 Å². The third-order valence-corrected chi connectivity index (χ3v) is 4.23. The van der Waals surface area contributed by atoms with Gasteiger partial charge in [-0.2, -0.15) is 0 Å². The number of aliphatic hydroxyl groups excluding tert-OH is 1. The highest BCUT2D eigenvalue weighted by Gasteiger charge is 2.24. The molecule has 0 aromatic carbocycles. The normalized spacial score (nSPS) is 24.0. The Morgan fingerprint density at radius 2 is 2.00 bits per heavy atom. The molecule has 0 bridgehead atoms. The molecule has 112 valence electrons. The van der Waals surface area contributed by atoms with Gasteiger partial charge in [0.2, 0.25) is 0 Å². The number of hydrogen-bond donors (Lipinski definition) is 3. The van der Waals surface area contributed by atoms with Gasteiger partial charge in [-0.3, -0.25) is 10.4 Å². The van der Waals surface area contributed by atoms with Gasteiger partial charge in [-0.05, 0) is 33.6 Å². The first-order valence-corrected chi connectivity index (χ1v) is 7.33. The number of nitrogens with one attached hydrogen (secondary N) is 1. The average molecular weight is 279 g/mol. The minimum Gasteiger partial charge on any atom is -0.506 e. The summed E-state index contributed by atoms with van der Waals surface area (Å²) in [5.74, 6) is 0.182. The van der Waals surface area contributed by atoms with Crippen molar-refractivity contribution in [3.05, 3.63) is 23.0 Å². The third kappa shape index (κ3) is 3.11. The first-order chi connectivity index (χ1) is 9.54. The van der Waals surface area contributed by atoms with E-state index < -0.39 is 0 Å². The van der Waals surface area contributed by atoms with Gasteiger partial charge in [0.15, 0.2) is 0 Å². The molecule has 2 heterocycles. The van der Waals surface area contributed by atoms with Gasteiger partial charge in [0.05, 0.1) is 12.3 Å². The summed E-state index contributed by atoms with van der Waals surface area (Å²) in [6.45, 7) is 6.61. The van der Waals surface area contributed by atoms with E-state index in [9.17, 15) is 10.2 Å². The van der Waals surface area contributed by atoms with E-state index in [0.717, 1.165) is 5.56 Å². The van der Waals surface area contributed by atoms with E-state index in [1.54, 1.807) is 13.1 Å². The van der Waals surface area contributed by atoms with Gasteiger partial charge in [-0.1, -0.05) is 6.42 Å². The zero-order valence-corrected chi connectivity index (χ0v) is 12.6. The smallest absolute Gasteiger partial charge is 0.141 e. The molecule has 1 aliphatic heterocycles. The molecule has 0 spiro atoms. The Bertz CT molecular complexity index is 455. The first-order valence-electron chi connectivity index (χ1n) is 7.33. The monoisotopic (exact) mass is 279 g/mol. The highest BCUT2D eigenvalue weighted by molar-refractivity contribution is 5.40. The van der Waals surface area contributed by atoms with E-state index in [-0.39, 0.29) is 12.4 Å². The lowest BCUT2D eigenvalue weighted by Crippen LogP contribution is -2.51. The number of aromatic hydroxyl groups is 1. The van der Waals surface area contributed by atoms with Gasteiger partial charge < -0.3 is 10.2 Å². The topological polar surface area (TPSA) is 68.6 Å². The maximum atomic E-state index is 10.1. The fourth-order valence-corrected chi connectivity index (χ4v) is 2.92. The highest BCUT2D eigenvalue weighted by atomic mass is 16.3. The Hall–Kier alpha value is -1.17. The van der Waals surface area contributed by atoms with E-state index in [0.29, 0.717) is 29.9 Å². The molecular weight excluding hydrogens is 254 g/mol. The summed E-state index contributed by atoms with van der Waals surface area (Å²) < 4.78 is 0. The van der Waals surface area contributed by atoms with Gasteiger partial charge in [0.1, 0.15) is 5.75 Å². The van der Waals surface area contributed by atoms with Gasteiger partial charge >= 0.3 is 0 Å². The molecule has 0 aliphatic carbocycles. The molecule has 0 amide bonds. The first kappa shape index (κ1) is 15.2. The second kappa shape index (κ2) is 6.52. The van der Waals surface area contributed by atoms with E-state index in [2.05, 4.69) is 29.3 Å². The number of nitrogens with zero attached hydrogens (tertiary/aromatic N) is 2. The molecule has 5 heteroatoms. The molecule has 3 N–H and O–H groups in total. The van der Waals surface area contributed by atoms with Crippen LogP contribution in [0.15, 0.2) is 6.20 Å². The predicted octanol–water partition coefficient (Wildman–Crippen LogP) is 1.86. The van der Waals surface area contributed by atoms with Crippen molar-refractivity contribution in [2.75, 3.05) is 0 Å². The van der Waals surface area contributed by atoms with Crippen LogP contribution >= 0.6 is 0 Å². The second-order valence-electron chi connectivity index (χ2n) is 5.73. The SMILES string of the molecule is Cc1ncc(CO)c(CNN2C(C)CCCC2C)c1O. The van der Waals surface area contributed by atoms with Gasteiger partial charge in [0, 0.05) is 36.0 Å². The lowest BCUT2D eigenvalue weighted by atomic mass is 10.00. The zero-order valence-electron chi connectivity index (χ0n) is 12.6. The van der Waals surface area contributed by atoms with Crippen LogP contribution in [0.4, 0.5) is 0 Å². The lowest BCUT2D eigenvalue weighted by molar-refractivity contribution is 0.0430. The molecule has 2 atom stereocenters. The van der Waals surface area contributed by atoms with Crippen molar-refractivity contribution in [3.8, 4) is 5.75 Å². The Kier molecular flexibility index (Phi) is 4.96. The van der Waals surface area contributed by atoms with Crippen LogP contribution in [-0.2, 0) is 13.2 Å². The summed E-state index contributed by atoms with van der Waals surface area (Å²) in [5, 5.41) is 21.8. The maximum Gasteiger partial charge on any atom is 0.141 e. The molecule has 20 heavy (non-hydrogen) atoms. The molecule has 2 unspecified atom stereocenters. The van der Waals surface area contributed by atoms with Crippen LogP contribution in [0.2, 0.25) is 0 Å². The van der Waals surface area contributed by atoms with Crippen LogP contribution in [-0.4, -0.2) is 32.3 Å². The quantitative estimate of drug-likeness (QED) is 0.785. The van der Waals surface area contributed by atoms with Gasteiger partial charge in [0.25, 0.3) is 0 Å². The number of hydrazine groups is 1. The predicted molar refractivity (Wildman–Crippen MR) is 78.0 cm³/mol. The Morgan fingerprint density at radius 3 is 2.60 bits per heavy atom. The van der Waals surface area contributed by atoms with Crippen LogP contribution in [0.1, 0.15) is 49.9 Å². The summed E-state index contributed by atoms with van der Waals surface area (Å²) in [6.07, 6.45) is 5.27. The maximum absolute atomic E-state index is 10.1. The number of aryl methyl sites for hydroxylation is 1. The van der Waals surface area contributed by atoms with Crippen molar-refractivity contribution in [3.63, 3.8) is 0 Å². The van der Waals surface area contributed by atoms with Crippen molar-refractivity contribution in [1.29, 1.82) is 0 Å². The zero-order chi connectivity index (χ0) is 14.7. The molecule has 5 nitrogen and oxygen atoms in total. The third-order valence-electron chi connectivity index (χ3n) is 4.23. The van der Waals surface area contributed by atoms with Crippen LogP contribution in [0.5, 0.6) is 5.75 Å². The Balaban J connectivity index is 2.12. The van der Waals surface area contributed by atoms with E-state index in [1.165, 1.54) is 19.3 Å². The van der Waals surface area contributed by atoms with Crippen LogP contribution in [0.3, 0.4) is 0 Å². The number of aromatic nitrogens is 1. The van der Waals surface area contributed by atoms with Crippen molar-refractivity contribution < 1.29 is 10.2 Å². The average Bonchev–Trinajstić information content (AvgIpc) is 2.42. The molecule has 1 aromatic rings. The standard InChI is InChI=1S/C15H25N3O2/c1-10-5-4-6-11(2)18(10)17-8-14-13(9-19)7-16-12(3)15(14)20/h7,10-11,17,19-20H,4-6,8-9H2,1-3H3. The van der Waals surface area contributed by atoms with Crippen LogP contribution < -0.4 is 5.43 Å². The summed E-state index contributed by atoms with van der Waals surface area (Å²) in [4.78, 5) is 4.08. The minimum absolute atomic E-state index is 0.108. The summed E-state index contributed by atoms with van der Waals surface area (Å²) in [5.41, 5.74) is 5.43. The fourth-order valence-electron chi connectivity index (χ4n) is 2.92. The number of aliphatic hydroxyl groups is 1. The molecule has 1 aliphatic rings. The van der Waals surface area contributed by atoms with Gasteiger partial charge in [-0.15, -0.1) is 0 Å². The van der Waals surface area contributed by atoms with Crippen LogP contribution in [0.25, 0.3) is 0 Å². The van der Waals surface area contributed by atoms with E-state index in [1.807, 2.05) is 0 Å². The second-order valence-corrected chi connectivity index (χ2v) is 5.73. The molecule has 0 saturated carbocycles. The number of hydrogen-bond acceptors (Lipinski definition) is 5. The molecule has 1 saturated heterocycles. The number of piperidine rings is 1. The number of rotatable bonds is 4. The molecule has 2 rings (SSSR count). The summed E-state index contributed by atoms with van der Waals surface area (Å²) in [6, 6.07) is 0.975. The lowest BCUT2D eigenvalue weighted by Gasteiger charge is -2.39. The van der Waals surface area contributed by atoms with E-state index >= 15 is 0 Å². The molecule has 1 fully saturated rings. The minimum atomic E-state index is -0.108. The van der Waals surface area contributed by atoms with Crippen molar-refractivity contribution in [2.45, 2.75) is 65.3 Å². The number of pyridine rings is 1. The van der Waals surface area contributed by atoms with E-state index in [4.69, 9.17) is 0 Å². The largest absolute Gasteiger partial charge is 0.506 e. The Labute approximate surface area is 120 Å². The molecule has 1 aromatic heterocycles. The summed E-state index contributed by atoms with van der Waals surface area (Å²) >= 11 is 0. The Morgan fingerprint density at radius 1 is 1.35 bits per heavy atom. The molecule has 0 radical (unpaired) electrons. The summed E-state index contributed by atoms with van der Waals surface area (Å²) in [7, 11) is 0. The van der Waals surface area contributed by atoms with Crippen molar-refractivity contribution in [1.82, 2.24) is 15.4 Å². The van der Waals surface area contributed by atoms with Crippen molar-refractivity contribution >= 4 is 0 Å². The molecular formula is C15H25N3O2. The fraction of sp³-hybridized carbons (Fsp3) is 0.667. The van der Waals surface area contributed by atoms with Crippen LogP contribution in [0, 0.1) is 6.92 Å².